The van der Waals surface area contributed by atoms with Crippen LogP contribution >= 0.6 is 34.7 Å². The molecule has 1 N–H and O–H groups in total. The molecule has 0 atom stereocenters. The van der Waals surface area contributed by atoms with Crippen molar-refractivity contribution in [1.29, 1.82) is 0 Å². The Kier molecular flexibility index (Phi) is 7.07. The minimum atomic E-state index is -0.135. The van der Waals surface area contributed by atoms with E-state index in [-0.39, 0.29) is 12.5 Å². The zero-order valence-electron chi connectivity index (χ0n) is 15.1. The minimum absolute atomic E-state index is 0.135. The highest BCUT2D eigenvalue weighted by Crippen LogP contribution is 2.25. The van der Waals surface area contributed by atoms with Crippen LogP contribution in [0.1, 0.15) is 18.4 Å². The number of nitrogens with zero attached hydrogens (tertiary/aromatic N) is 4. The van der Waals surface area contributed by atoms with Crippen LogP contribution in [0.4, 0.5) is 5.13 Å². The number of nitrogens with one attached hydrogen (secondary N) is 1. The van der Waals surface area contributed by atoms with Crippen molar-refractivity contribution in [2.75, 3.05) is 5.32 Å². The summed E-state index contributed by atoms with van der Waals surface area (Å²) in [7, 11) is 0. The van der Waals surface area contributed by atoms with E-state index in [0.717, 1.165) is 10.9 Å². The maximum Gasteiger partial charge on any atom is 0.223 e. The van der Waals surface area contributed by atoms with E-state index >= 15 is 0 Å². The van der Waals surface area contributed by atoms with Crippen LogP contribution in [0.2, 0.25) is 5.02 Å². The Morgan fingerprint density at radius 1 is 1.39 bits per heavy atom. The molecule has 0 bridgehead atoms. The van der Waals surface area contributed by atoms with Crippen LogP contribution in [0.15, 0.2) is 47.5 Å². The molecule has 0 radical (unpaired) electrons. The number of allylic oxidation sites excluding steroid dienone is 1. The number of halogens is 1. The van der Waals surface area contributed by atoms with E-state index in [1.54, 1.807) is 30.3 Å². The summed E-state index contributed by atoms with van der Waals surface area (Å²) in [5, 5.41) is 15.1. The number of amides is 1. The molecule has 0 spiro atoms. The topological polar surface area (TPSA) is 81.9 Å². The number of thioether (sulfide) groups is 1. The molecule has 146 valence electrons. The summed E-state index contributed by atoms with van der Waals surface area (Å²) in [6.07, 6.45) is 1.79. The lowest BCUT2D eigenvalue weighted by atomic mass is 10.3. The van der Waals surface area contributed by atoms with Crippen molar-refractivity contribution in [3.63, 3.8) is 0 Å². The second-order valence-electron chi connectivity index (χ2n) is 5.65. The van der Waals surface area contributed by atoms with Crippen molar-refractivity contribution in [2.45, 2.75) is 31.0 Å². The SMILES string of the molecule is C=CCn1c(COc2ccc(Cl)cc2)nnc1SCc1csc(NC(C)=O)n1. The monoisotopic (exact) mass is 435 g/mol. The van der Waals surface area contributed by atoms with Gasteiger partial charge in [0, 0.05) is 29.6 Å². The van der Waals surface area contributed by atoms with E-state index in [0.29, 0.717) is 34.0 Å². The quantitative estimate of drug-likeness (QED) is 0.396. The summed E-state index contributed by atoms with van der Waals surface area (Å²) in [5.74, 6) is 1.89. The summed E-state index contributed by atoms with van der Waals surface area (Å²) in [6, 6.07) is 7.16. The molecule has 28 heavy (non-hydrogen) atoms. The van der Waals surface area contributed by atoms with Gasteiger partial charge >= 0.3 is 0 Å². The van der Waals surface area contributed by atoms with Crippen molar-refractivity contribution < 1.29 is 9.53 Å². The summed E-state index contributed by atoms with van der Waals surface area (Å²) in [5.41, 5.74) is 0.867. The number of hydrogen-bond acceptors (Lipinski definition) is 7. The van der Waals surface area contributed by atoms with Gasteiger partial charge in [0.05, 0.1) is 5.69 Å². The second-order valence-corrected chi connectivity index (χ2v) is 7.89. The molecule has 3 rings (SSSR count). The molecular formula is C18H18ClN5O2S2. The smallest absolute Gasteiger partial charge is 0.223 e. The van der Waals surface area contributed by atoms with Crippen molar-refractivity contribution in [3.8, 4) is 5.75 Å². The lowest BCUT2D eigenvalue weighted by Gasteiger charge is -2.09. The first-order chi connectivity index (χ1) is 13.5. The summed E-state index contributed by atoms with van der Waals surface area (Å²) in [4.78, 5) is 15.5. The molecule has 10 heteroatoms. The molecule has 0 aliphatic heterocycles. The third-order valence-corrected chi connectivity index (χ3v) is 5.53. The molecule has 2 heterocycles. The van der Waals surface area contributed by atoms with Gasteiger partial charge in [-0.3, -0.25) is 9.36 Å². The molecular weight excluding hydrogens is 418 g/mol. The first-order valence-corrected chi connectivity index (χ1v) is 10.6. The molecule has 1 aromatic carbocycles. The Labute approximate surface area is 175 Å². The van der Waals surface area contributed by atoms with Crippen LogP contribution in [-0.2, 0) is 23.7 Å². The van der Waals surface area contributed by atoms with Crippen LogP contribution in [0.3, 0.4) is 0 Å². The van der Waals surface area contributed by atoms with Crippen LogP contribution in [-0.4, -0.2) is 25.7 Å². The average molecular weight is 436 g/mol. The highest BCUT2D eigenvalue weighted by Gasteiger charge is 2.13. The van der Waals surface area contributed by atoms with Gasteiger partial charge in [0.15, 0.2) is 16.1 Å². The van der Waals surface area contributed by atoms with Crippen molar-refractivity contribution in [1.82, 2.24) is 19.7 Å². The fourth-order valence-electron chi connectivity index (χ4n) is 2.24. The molecule has 0 saturated heterocycles. The molecule has 0 aliphatic carbocycles. The number of anilines is 1. The number of rotatable bonds is 9. The van der Waals surface area contributed by atoms with Gasteiger partial charge in [0.25, 0.3) is 0 Å². The lowest BCUT2D eigenvalue weighted by Crippen LogP contribution is -2.07. The van der Waals surface area contributed by atoms with E-state index in [1.165, 1.54) is 30.0 Å². The fourth-order valence-corrected chi connectivity index (χ4v) is 4.09. The Morgan fingerprint density at radius 3 is 2.89 bits per heavy atom. The molecule has 0 fully saturated rings. The van der Waals surface area contributed by atoms with Gasteiger partial charge in [-0.1, -0.05) is 29.4 Å². The molecule has 2 aromatic heterocycles. The molecule has 1 amide bonds. The lowest BCUT2D eigenvalue weighted by molar-refractivity contribution is -0.114. The van der Waals surface area contributed by atoms with E-state index < -0.39 is 0 Å². The summed E-state index contributed by atoms with van der Waals surface area (Å²) >= 11 is 8.80. The first kappa shape index (κ1) is 20.4. The second kappa shape index (κ2) is 9.72. The zero-order valence-corrected chi connectivity index (χ0v) is 17.5. The molecule has 0 unspecified atom stereocenters. The highest BCUT2D eigenvalue weighted by molar-refractivity contribution is 7.98. The maximum atomic E-state index is 11.1. The van der Waals surface area contributed by atoms with E-state index in [1.807, 2.05) is 9.95 Å². The van der Waals surface area contributed by atoms with Crippen LogP contribution in [0, 0.1) is 0 Å². The standard InChI is InChI=1S/C18H18ClN5O2S2/c1-3-8-24-16(9-26-15-6-4-13(19)5-7-15)22-23-18(24)28-11-14-10-27-17(21-14)20-12(2)25/h3-7,10H,1,8-9,11H2,2H3,(H,20,21,25). The van der Waals surface area contributed by atoms with Gasteiger partial charge in [-0.05, 0) is 24.3 Å². The first-order valence-electron chi connectivity index (χ1n) is 8.31. The Hall–Kier alpha value is -2.36. The number of ether oxygens (including phenoxy) is 1. The predicted molar refractivity (Wildman–Crippen MR) is 112 cm³/mol. The molecule has 3 aromatic rings. The van der Waals surface area contributed by atoms with Gasteiger partial charge < -0.3 is 10.1 Å². The normalized spacial score (nSPS) is 10.6. The zero-order chi connectivity index (χ0) is 19.9. The number of thiazole rings is 1. The molecule has 0 aliphatic rings. The third kappa shape index (κ3) is 5.57. The Morgan fingerprint density at radius 2 is 2.18 bits per heavy atom. The summed E-state index contributed by atoms with van der Waals surface area (Å²) < 4.78 is 7.73. The molecule has 0 saturated carbocycles. The van der Waals surface area contributed by atoms with Gasteiger partial charge in [-0.15, -0.1) is 28.1 Å². The Balaban J connectivity index is 1.64. The number of benzene rings is 1. The summed E-state index contributed by atoms with van der Waals surface area (Å²) in [6.45, 7) is 6.12. The van der Waals surface area contributed by atoms with Gasteiger partial charge in [0.1, 0.15) is 12.4 Å². The van der Waals surface area contributed by atoms with Crippen molar-refractivity contribution in [3.05, 3.63) is 58.8 Å². The molecule has 7 nitrogen and oxygen atoms in total. The Bertz CT molecular complexity index is 955. The predicted octanol–water partition coefficient (Wildman–Crippen LogP) is 4.40. The number of carbonyl (C=O) groups is 1. The largest absolute Gasteiger partial charge is 0.486 e. The number of carbonyl (C=O) groups excluding carboxylic acids is 1. The van der Waals surface area contributed by atoms with Gasteiger partial charge in [0.2, 0.25) is 5.91 Å². The third-order valence-electron chi connectivity index (χ3n) is 3.47. The maximum absolute atomic E-state index is 11.1. The van der Waals surface area contributed by atoms with E-state index in [2.05, 4.69) is 27.1 Å². The van der Waals surface area contributed by atoms with Crippen molar-refractivity contribution in [2.24, 2.45) is 0 Å². The van der Waals surface area contributed by atoms with E-state index in [9.17, 15) is 4.79 Å². The highest BCUT2D eigenvalue weighted by atomic mass is 35.5. The van der Waals surface area contributed by atoms with E-state index in [4.69, 9.17) is 16.3 Å². The van der Waals surface area contributed by atoms with Gasteiger partial charge in [-0.25, -0.2) is 4.98 Å². The van der Waals surface area contributed by atoms with Crippen LogP contribution in [0.5, 0.6) is 5.75 Å². The minimum Gasteiger partial charge on any atom is -0.486 e. The number of hydrogen-bond donors (Lipinski definition) is 1. The number of aromatic nitrogens is 4. The fraction of sp³-hybridized carbons (Fsp3) is 0.222. The van der Waals surface area contributed by atoms with Crippen LogP contribution < -0.4 is 10.1 Å². The average Bonchev–Trinajstić information content (AvgIpc) is 3.26. The van der Waals surface area contributed by atoms with Crippen molar-refractivity contribution >= 4 is 45.7 Å². The van der Waals surface area contributed by atoms with Crippen LogP contribution in [0.25, 0.3) is 0 Å². The van der Waals surface area contributed by atoms with Gasteiger partial charge in [-0.2, -0.15) is 0 Å².